The van der Waals surface area contributed by atoms with Gasteiger partial charge in [0.25, 0.3) is 0 Å². The van der Waals surface area contributed by atoms with Crippen LogP contribution in [0, 0.1) is 0 Å². The number of aliphatic hydroxyl groups is 1. The predicted octanol–water partition coefficient (Wildman–Crippen LogP) is 1.18. The zero-order valence-electron chi connectivity index (χ0n) is 8.20. The highest BCUT2D eigenvalue weighted by molar-refractivity contribution is 5.34. The standard InChI is InChI=1S/C9H15N3O/c1-9(2,3)12-8-5-10-4-7(6-13)11-8/h4-5,13H,6H2,1-3H3,(H,11,12). The van der Waals surface area contributed by atoms with Gasteiger partial charge in [0.05, 0.1) is 24.7 Å². The van der Waals surface area contributed by atoms with Gasteiger partial charge in [-0.05, 0) is 20.8 Å². The topological polar surface area (TPSA) is 58.0 Å². The molecule has 0 atom stereocenters. The van der Waals surface area contributed by atoms with Crippen LogP contribution in [0.5, 0.6) is 0 Å². The fourth-order valence-corrected chi connectivity index (χ4v) is 0.927. The van der Waals surface area contributed by atoms with Gasteiger partial charge in [-0.15, -0.1) is 0 Å². The highest BCUT2D eigenvalue weighted by atomic mass is 16.3. The van der Waals surface area contributed by atoms with Crippen LogP contribution in [-0.4, -0.2) is 20.6 Å². The number of aliphatic hydroxyl groups excluding tert-OH is 1. The fourth-order valence-electron chi connectivity index (χ4n) is 0.927. The van der Waals surface area contributed by atoms with Gasteiger partial charge in [0.2, 0.25) is 0 Å². The quantitative estimate of drug-likeness (QED) is 0.719. The second kappa shape index (κ2) is 3.70. The van der Waals surface area contributed by atoms with Crippen molar-refractivity contribution in [1.82, 2.24) is 9.97 Å². The molecule has 13 heavy (non-hydrogen) atoms. The summed E-state index contributed by atoms with van der Waals surface area (Å²) < 4.78 is 0. The van der Waals surface area contributed by atoms with E-state index in [-0.39, 0.29) is 12.1 Å². The van der Waals surface area contributed by atoms with Crippen molar-refractivity contribution < 1.29 is 5.11 Å². The van der Waals surface area contributed by atoms with Gasteiger partial charge in [0.1, 0.15) is 5.82 Å². The van der Waals surface area contributed by atoms with Gasteiger partial charge in [-0.25, -0.2) is 4.98 Å². The summed E-state index contributed by atoms with van der Waals surface area (Å²) in [5.74, 6) is 0.694. The summed E-state index contributed by atoms with van der Waals surface area (Å²) >= 11 is 0. The van der Waals surface area contributed by atoms with Crippen molar-refractivity contribution in [2.45, 2.75) is 32.9 Å². The normalized spacial score (nSPS) is 11.4. The average molecular weight is 181 g/mol. The Morgan fingerprint density at radius 1 is 1.38 bits per heavy atom. The maximum Gasteiger partial charge on any atom is 0.145 e. The number of hydrogen-bond acceptors (Lipinski definition) is 4. The SMILES string of the molecule is CC(C)(C)Nc1cncc(CO)n1. The molecule has 1 aromatic rings. The van der Waals surface area contributed by atoms with E-state index in [1.54, 1.807) is 12.4 Å². The number of nitrogens with zero attached hydrogens (tertiary/aromatic N) is 2. The lowest BCUT2D eigenvalue weighted by Crippen LogP contribution is -2.26. The summed E-state index contributed by atoms with van der Waals surface area (Å²) in [5, 5.41) is 12.0. The smallest absolute Gasteiger partial charge is 0.145 e. The molecule has 0 amide bonds. The third-order valence-corrected chi connectivity index (χ3v) is 1.35. The van der Waals surface area contributed by atoms with Crippen LogP contribution >= 0.6 is 0 Å². The lowest BCUT2D eigenvalue weighted by atomic mass is 10.1. The summed E-state index contributed by atoms with van der Waals surface area (Å²) in [7, 11) is 0. The van der Waals surface area contributed by atoms with Crippen molar-refractivity contribution in [1.29, 1.82) is 0 Å². The van der Waals surface area contributed by atoms with Crippen LogP contribution < -0.4 is 5.32 Å². The first-order valence-electron chi connectivity index (χ1n) is 4.21. The van der Waals surface area contributed by atoms with Crippen LogP contribution in [0.25, 0.3) is 0 Å². The fraction of sp³-hybridized carbons (Fsp3) is 0.556. The van der Waals surface area contributed by atoms with Gasteiger partial charge in [-0.1, -0.05) is 0 Å². The minimum atomic E-state index is -0.0767. The summed E-state index contributed by atoms with van der Waals surface area (Å²) in [6, 6.07) is 0. The van der Waals surface area contributed by atoms with Crippen molar-refractivity contribution in [2.24, 2.45) is 0 Å². The van der Waals surface area contributed by atoms with Gasteiger partial charge in [-0.3, -0.25) is 4.98 Å². The molecule has 0 aliphatic heterocycles. The van der Waals surface area contributed by atoms with Gasteiger partial charge in [0.15, 0.2) is 0 Å². The van der Waals surface area contributed by atoms with E-state index in [4.69, 9.17) is 5.11 Å². The highest BCUT2D eigenvalue weighted by Crippen LogP contribution is 2.10. The van der Waals surface area contributed by atoms with Crippen LogP contribution in [0.2, 0.25) is 0 Å². The van der Waals surface area contributed by atoms with Gasteiger partial charge < -0.3 is 10.4 Å². The Labute approximate surface area is 78.0 Å². The van der Waals surface area contributed by atoms with E-state index in [0.717, 1.165) is 0 Å². The van der Waals surface area contributed by atoms with E-state index in [1.807, 2.05) is 20.8 Å². The predicted molar refractivity (Wildman–Crippen MR) is 51.3 cm³/mol. The molecule has 0 spiro atoms. The average Bonchev–Trinajstić information content (AvgIpc) is 2.01. The summed E-state index contributed by atoms with van der Waals surface area (Å²) in [5.41, 5.74) is 0.539. The molecule has 0 aromatic carbocycles. The van der Waals surface area contributed by atoms with Crippen molar-refractivity contribution in [3.8, 4) is 0 Å². The first-order valence-corrected chi connectivity index (χ1v) is 4.21. The molecule has 4 nitrogen and oxygen atoms in total. The molecule has 2 N–H and O–H groups in total. The Morgan fingerprint density at radius 3 is 2.62 bits per heavy atom. The van der Waals surface area contributed by atoms with Crippen molar-refractivity contribution in [3.05, 3.63) is 18.1 Å². The maximum absolute atomic E-state index is 8.83. The number of hydrogen-bond donors (Lipinski definition) is 2. The molecule has 4 heteroatoms. The molecule has 0 aliphatic carbocycles. The Kier molecular flexibility index (Phi) is 2.83. The molecule has 0 radical (unpaired) electrons. The highest BCUT2D eigenvalue weighted by Gasteiger charge is 2.10. The van der Waals surface area contributed by atoms with Crippen LogP contribution in [0.4, 0.5) is 5.82 Å². The summed E-state index contributed by atoms with van der Waals surface area (Å²) in [6.07, 6.45) is 3.19. The lowest BCUT2D eigenvalue weighted by Gasteiger charge is -2.20. The third-order valence-electron chi connectivity index (χ3n) is 1.35. The van der Waals surface area contributed by atoms with E-state index in [2.05, 4.69) is 15.3 Å². The number of anilines is 1. The largest absolute Gasteiger partial charge is 0.390 e. The van der Waals surface area contributed by atoms with Crippen LogP contribution in [0.1, 0.15) is 26.5 Å². The molecule has 0 fully saturated rings. The van der Waals surface area contributed by atoms with Crippen LogP contribution in [0.3, 0.4) is 0 Å². The molecule has 72 valence electrons. The number of nitrogens with one attached hydrogen (secondary N) is 1. The molecule has 0 unspecified atom stereocenters. The molecule has 0 saturated carbocycles. The van der Waals surface area contributed by atoms with Crippen LogP contribution in [-0.2, 0) is 6.61 Å². The Bertz CT molecular complexity index is 280. The maximum atomic E-state index is 8.83. The van der Waals surface area contributed by atoms with Crippen LogP contribution in [0.15, 0.2) is 12.4 Å². The molecule has 1 aromatic heterocycles. The molecule has 1 heterocycles. The molecule has 1 rings (SSSR count). The van der Waals surface area contributed by atoms with Crippen molar-refractivity contribution in [3.63, 3.8) is 0 Å². The van der Waals surface area contributed by atoms with E-state index in [1.165, 1.54) is 0 Å². The van der Waals surface area contributed by atoms with Crippen molar-refractivity contribution in [2.75, 3.05) is 5.32 Å². The molecule has 0 saturated heterocycles. The molecular formula is C9H15N3O. The zero-order valence-corrected chi connectivity index (χ0v) is 8.20. The van der Waals surface area contributed by atoms with Crippen molar-refractivity contribution >= 4 is 5.82 Å². The van der Waals surface area contributed by atoms with E-state index in [9.17, 15) is 0 Å². The second-order valence-corrected chi connectivity index (χ2v) is 3.93. The Hall–Kier alpha value is -1.16. The second-order valence-electron chi connectivity index (χ2n) is 3.93. The van der Waals surface area contributed by atoms with E-state index < -0.39 is 0 Å². The first kappa shape index (κ1) is 9.92. The monoisotopic (exact) mass is 181 g/mol. The van der Waals surface area contributed by atoms with E-state index in [0.29, 0.717) is 11.5 Å². The third kappa shape index (κ3) is 3.38. The van der Waals surface area contributed by atoms with Gasteiger partial charge in [-0.2, -0.15) is 0 Å². The first-order chi connectivity index (χ1) is 6.01. The number of rotatable bonds is 2. The zero-order chi connectivity index (χ0) is 9.90. The van der Waals surface area contributed by atoms with Gasteiger partial charge >= 0.3 is 0 Å². The summed E-state index contributed by atoms with van der Waals surface area (Å²) in [4.78, 5) is 8.11. The van der Waals surface area contributed by atoms with Gasteiger partial charge in [0, 0.05) is 5.54 Å². The number of aromatic nitrogens is 2. The Balaban J connectivity index is 2.78. The molecule has 0 aliphatic rings. The lowest BCUT2D eigenvalue weighted by molar-refractivity contribution is 0.276. The Morgan fingerprint density at radius 2 is 2.08 bits per heavy atom. The summed E-state index contributed by atoms with van der Waals surface area (Å²) in [6.45, 7) is 6.05. The minimum Gasteiger partial charge on any atom is -0.390 e. The molecule has 0 bridgehead atoms. The minimum absolute atomic E-state index is 0.0389. The van der Waals surface area contributed by atoms with E-state index >= 15 is 0 Å². The molecular weight excluding hydrogens is 166 g/mol.